The zero-order chi connectivity index (χ0) is 21.2. The molecule has 3 rings (SSSR count). The Kier molecular flexibility index (Phi) is 6.43. The minimum Gasteiger partial charge on any atom is -0.444 e. The van der Waals surface area contributed by atoms with Crippen molar-refractivity contribution >= 4 is 37.7 Å². The lowest BCUT2D eigenvalue weighted by atomic mass is 10.2. The Hall–Kier alpha value is -2.19. The summed E-state index contributed by atoms with van der Waals surface area (Å²) in [6.07, 6.45) is 0. The van der Waals surface area contributed by atoms with Crippen LogP contribution in [0.2, 0.25) is 0 Å². The number of carbonyl (C=O) groups is 1. The van der Waals surface area contributed by atoms with Crippen LogP contribution in [0.5, 0.6) is 0 Å². The number of benzene rings is 1. The summed E-state index contributed by atoms with van der Waals surface area (Å²) in [5.74, 6) is 0.437. The summed E-state index contributed by atoms with van der Waals surface area (Å²) < 4.78 is 33.2. The summed E-state index contributed by atoms with van der Waals surface area (Å²) in [6, 6.07) is 8.57. The van der Waals surface area contributed by atoms with E-state index in [4.69, 9.17) is 4.42 Å². The number of nitrogens with one attached hydrogen (secondary N) is 1. The monoisotopic (exact) mass is 480 g/mol. The topological polar surface area (TPSA) is 107 Å². The molecule has 0 saturated carbocycles. The Balaban J connectivity index is 1.57. The maximum atomic E-state index is 12.7. The number of amides is 1. The lowest BCUT2D eigenvalue weighted by molar-refractivity contribution is -0.117. The van der Waals surface area contributed by atoms with Crippen molar-refractivity contribution in [3.05, 3.63) is 45.6 Å². The lowest BCUT2D eigenvalue weighted by Gasteiger charge is -2.33. The Labute approximate surface area is 178 Å². The van der Waals surface area contributed by atoms with E-state index in [1.165, 1.54) is 4.31 Å². The molecule has 0 unspecified atom stereocenters. The van der Waals surface area contributed by atoms with Crippen molar-refractivity contribution in [3.8, 4) is 6.07 Å². The molecular formula is C19H21BrN4O4S. The van der Waals surface area contributed by atoms with Crippen LogP contribution in [0.25, 0.3) is 0 Å². The van der Waals surface area contributed by atoms with Crippen LogP contribution in [0.1, 0.15) is 16.9 Å². The highest BCUT2D eigenvalue weighted by atomic mass is 79.9. The van der Waals surface area contributed by atoms with E-state index in [-0.39, 0.29) is 23.2 Å². The molecule has 0 atom stereocenters. The van der Waals surface area contributed by atoms with Crippen molar-refractivity contribution in [2.45, 2.75) is 18.7 Å². The van der Waals surface area contributed by atoms with Gasteiger partial charge in [0.1, 0.15) is 17.4 Å². The first-order chi connectivity index (χ1) is 13.7. The Morgan fingerprint density at radius 2 is 1.83 bits per heavy atom. The number of nitrogens with zero attached hydrogens (tertiary/aromatic N) is 3. The highest BCUT2D eigenvalue weighted by Gasteiger charge is 2.29. The molecule has 29 heavy (non-hydrogen) atoms. The number of carbonyl (C=O) groups excluding carboxylic acids is 1. The van der Waals surface area contributed by atoms with Gasteiger partial charge in [0.15, 0.2) is 0 Å². The van der Waals surface area contributed by atoms with E-state index >= 15 is 0 Å². The molecule has 0 aliphatic carbocycles. The van der Waals surface area contributed by atoms with Crippen LogP contribution < -0.4 is 5.32 Å². The third kappa shape index (κ3) is 4.70. The number of hydrogen-bond donors (Lipinski definition) is 1. The largest absolute Gasteiger partial charge is 0.444 e. The first kappa shape index (κ1) is 21.5. The van der Waals surface area contributed by atoms with Gasteiger partial charge >= 0.3 is 0 Å². The van der Waals surface area contributed by atoms with E-state index in [1.54, 1.807) is 38.1 Å². The molecule has 2 aromatic rings. The van der Waals surface area contributed by atoms with E-state index in [0.717, 1.165) is 4.47 Å². The van der Waals surface area contributed by atoms with Gasteiger partial charge in [0.05, 0.1) is 11.4 Å². The second-order valence-electron chi connectivity index (χ2n) is 6.78. The van der Waals surface area contributed by atoms with Gasteiger partial charge in [-0.2, -0.15) is 9.57 Å². The Morgan fingerprint density at radius 1 is 1.21 bits per heavy atom. The second-order valence-corrected chi connectivity index (χ2v) is 9.64. The van der Waals surface area contributed by atoms with Crippen LogP contribution in [0.15, 0.2) is 38.1 Å². The van der Waals surface area contributed by atoms with Crippen LogP contribution in [-0.4, -0.2) is 56.3 Å². The van der Waals surface area contributed by atoms with E-state index in [9.17, 15) is 18.5 Å². The Bertz CT molecular complexity index is 1050. The molecule has 0 bridgehead atoms. The predicted octanol–water partition coefficient (Wildman–Crippen LogP) is 2.48. The van der Waals surface area contributed by atoms with Gasteiger partial charge < -0.3 is 4.42 Å². The SMILES string of the molecule is Cc1oc(NC(=O)CN2CCN(S(=O)(=O)c3ccc(Br)cc3)CC2)c(C#N)c1C. The number of sulfonamides is 1. The van der Waals surface area contributed by atoms with Crippen molar-refractivity contribution in [3.63, 3.8) is 0 Å². The third-order valence-corrected chi connectivity index (χ3v) is 7.34. The highest BCUT2D eigenvalue weighted by molar-refractivity contribution is 9.10. The van der Waals surface area contributed by atoms with Gasteiger partial charge in [-0.25, -0.2) is 8.42 Å². The quantitative estimate of drug-likeness (QED) is 0.704. The zero-order valence-electron chi connectivity index (χ0n) is 16.1. The van der Waals surface area contributed by atoms with Gasteiger partial charge in [0.25, 0.3) is 0 Å². The number of anilines is 1. The number of piperazine rings is 1. The molecule has 1 amide bonds. The zero-order valence-corrected chi connectivity index (χ0v) is 18.5. The van der Waals surface area contributed by atoms with Crippen LogP contribution >= 0.6 is 15.9 Å². The molecule has 1 fully saturated rings. The summed E-state index contributed by atoms with van der Waals surface area (Å²) in [5.41, 5.74) is 1.02. The van der Waals surface area contributed by atoms with Crippen LogP contribution in [0.4, 0.5) is 5.88 Å². The summed E-state index contributed by atoms with van der Waals surface area (Å²) >= 11 is 3.30. The molecule has 2 heterocycles. The van der Waals surface area contributed by atoms with Crippen LogP contribution in [0.3, 0.4) is 0 Å². The highest BCUT2D eigenvalue weighted by Crippen LogP contribution is 2.25. The van der Waals surface area contributed by atoms with Crippen LogP contribution in [-0.2, 0) is 14.8 Å². The standard InChI is InChI=1S/C19H21BrN4O4S/c1-13-14(2)28-19(17(13)11-21)22-18(25)12-23-7-9-24(10-8-23)29(26,27)16-5-3-15(20)4-6-16/h3-6H,7-10,12H2,1-2H3,(H,22,25). The van der Waals surface area contributed by atoms with Gasteiger partial charge in [0.2, 0.25) is 21.8 Å². The van der Waals surface area contributed by atoms with Crippen molar-refractivity contribution < 1.29 is 17.6 Å². The molecule has 1 aromatic carbocycles. The van der Waals surface area contributed by atoms with Crippen LogP contribution in [0, 0.1) is 25.2 Å². The van der Waals surface area contributed by atoms with E-state index in [0.29, 0.717) is 43.1 Å². The molecule has 1 saturated heterocycles. The molecule has 10 heteroatoms. The molecule has 154 valence electrons. The first-order valence-corrected chi connectivity index (χ1v) is 11.2. The van der Waals surface area contributed by atoms with Crippen molar-refractivity contribution in [1.82, 2.24) is 9.21 Å². The van der Waals surface area contributed by atoms with Crippen molar-refractivity contribution in [2.75, 3.05) is 38.0 Å². The molecule has 0 spiro atoms. The third-order valence-electron chi connectivity index (χ3n) is 4.90. The fraction of sp³-hybridized carbons (Fsp3) is 0.368. The predicted molar refractivity (Wildman–Crippen MR) is 111 cm³/mol. The normalized spacial score (nSPS) is 15.8. The number of aryl methyl sites for hydroxylation is 1. The maximum Gasteiger partial charge on any atom is 0.243 e. The lowest BCUT2D eigenvalue weighted by Crippen LogP contribution is -2.50. The summed E-state index contributed by atoms with van der Waals surface area (Å²) in [5, 5.41) is 11.9. The number of hydrogen-bond acceptors (Lipinski definition) is 6. The van der Waals surface area contributed by atoms with Gasteiger partial charge in [-0.05, 0) is 38.1 Å². The molecular weight excluding hydrogens is 460 g/mol. The number of halogens is 1. The molecule has 0 radical (unpaired) electrons. The first-order valence-electron chi connectivity index (χ1n) is 9.00. The average molecular weight is 481 g/mol. The van der Waals surface area contributed by atoms with Crippen molar-refractivity contribution in [1.29, 1.82) is 5.26 Å². The van der Waals surface area contributed by atoms with Crippen molar-refractivity contribution in [2.24, 2.45) is 0 Å². The van der Waals surface area contributed by atoms with E-state index < -0.39 is 10.0 Å². The van der Waals surface area contributed by atoms with Gasteiger partial charge in [-0.3, -0.25) is 15.0 Å². The minimum atomic E-state index is -3.56. The summed E-state index contributed by atoms with van der Waals surface area (Å²) in [4.78, 5) is 14.5. The Morgan fingerprint density at radius 3 is 2.41 bits per heavy atom. The maximum absolute atomic E-state index is 12.7. The molecule has 8 nitrogen and oxygen atoms in total. The molecule has 1 aliphatic rings. The fourth-order valence-corrected chi connectivity index (χ4v) is 4.79. The smallest absolute Gasteiger partial charge is 0.243 e. The molecule has 1 aromatic heterocycles. The number of furan rings is 1. The fourth-order valence-electron chi connectivity index (χ4n) is 3.10. The average Bonchev–Trinajstić information content (AvgIpc) is 2.95. The van der Waals surface area contributed by atoms with Gasteiger partial charge in [-0.1, -0.05) is 15.9 Å². The van der Waals surface area contributed by atoms with Gasteiger partial charge in [-0.15, -0.1) is 0 Å². The number of rotatable bonds is 5. The number of nitriles is 1. The molecule has 1 N–H and O–H groups in total. The van der Waals surface area contributed by atoms with E-state index in [1.807, 2.05) is 11.0 Å². The van der Waals surface area contributed by atoms with E-state index in [2.05, 4.69) is 21.2 Å². The summed E-state index contributed by atoms with van der Waals surface area (Å²) in [7, 11) is -3.56. The molecule has 1 aliphatic heterocycles. The minimum absolute atomic E-state index is 0.0931. The van der Waals surface area contributed by atoms with Gasteiger partial charge in [0, 0.05) is 36.2 Å². The summed E-state index contributed by atoms with van der Waals surface area (Å²) in [6.45, 7) is 5.06. The second kappa shape index (κ2) is 8.67.